The van der Waals surface area contributed by atoms with Crippen molar-refractivity contribution < 1.29 is 13.7 Å². The fourth-order valence-electron chi connectivity index (χ4n) is 1.45. The molecule has 0 aliphatic heterocycles. The van der Waals surface area contributed by atoms with Gasteiger partial charge >= 0.3 is 0 Å². The molecule has 0 aliphatic rings. The standard InChI is InChI=1S/C11H4Br2F2N2O2/c12-7-8(14)10(16-11(13)9(7)15)5-2-1-3-6(4-5)17(18)19/h1-4H. The van der Waals surface area contributed by atoms with Gasteiger partial charge in [-0.25, -0.2) is 13.8 Å². The molecule has 1 aromatic heterocycles. The molecule has 0 aliphatic carbocycles. The van der Waals surface area contributed by atoms with E-state index in [1.54, 1.807) is 0 Å². The molecular formula is C11H4Br2F2N2O2. The Bertz CT molecular complexity index is 680. The van der Waals surface area contributed by atoms with Gasteiger partial charge in [0.2, 0.25) is 0 Å². The van der Waals surface area contributed by atoms with Crippen molar-refractivity contribution in [2.24, 2.45) is 0 Å². The van der Waals surface area contributed by atoms with Crippen LogP contribution in [0.4, 0.5) is 14.5 Å². The lowest BCUT2D eigenvalue weighted by Crippen LogP contribution is -1.97. The summed E-state index contributed by atoms with van der Waals surface area (Å²) in [4.78, 5) is 13.8. The summed E-state index contributed by atoms with van der Waals surface area (Å²) in [7, 11) is 0. The molecule has 0 atom stereocenters. The summed E-state index contributed by atoms with van der Waals surface area (Å²) in [5.74, 6) is -1.78. The third kappa shape index (κ3) is 2.64. The van der Waals surface area contributed by atoms with Gasteiger partial charge in [-0.05, 0) is 31.9 Å². The fraction of sp³-hybridized carbons (Fsp3) is 0. The van der Waals surface area contributed by atoms with E-state index < -0.39 is 16.6 Å². The van der Waals surface area contributed by atoms with E-state index in [9.17, 15) is 18.9 Å². The van der Waals surface area contributed by atoms with Gasteiger partial charge in [0.05, 0.1) is 9.40 Å². The molecule has 1 aromatic carbocycles. The number of hydrogen-bond acceptors (Lipinski definition) is 3. The average Bonchev–Trinajstić information content (AvgIpc) is 2.40. The van der Waals surface area contributed by atoms with Crippen LogP contribution in [-0.4, -0.2) is 9.91 Å². The number of non-ortho nitro benzene ring substituents is 1. The van der Waals surface area contributed by atoms with Crippen LogP contribution in [0.3, 0.4) is 0 Å². The summed E-state index contributed by atoms with van der Waals surface area (Å²) < 4.78 is 26.8. The molecule has 19 heavy (non-hydrogen) atoms. The molecule has 0 amide bonds. The fourth-order valence-corrected chi connectivity index (χ4v) is 2.46. The van der Waals surface area contributed by atoms with Crippen LogP contribution in [0.1, 0.15) is 0 Å². The maximum atomic E-state index is 13.9. The lowest BCUT2D eigenvalue weighted by Gasteiger charge is -2.06. The van der Waals surface area contributed by atoms with E-state index >= 15 is 0 Å². The topological polar surface area (TPSA) is 56.0 Å². The van der Waals surface area contributed by atoms with Crippen molar-refractivity contribution in [1.29, 1.82) is 0 Å². The van der Waals surface area contributed by atoms with Crippen LogP contribution < -0.4 is 0 Å². The normalized spacial score (nSPS) is 10.5. The van der Waals surface area contributed by atoms with Gasteiger partial charge in [-0.1, -0.05) is 12.1 Å². The summed E-state index contributed by atoms with van der Waals surface area (Å²) in [6.45, 7) is 0. The lowest BCUT2D eigenvalue weighted by atomic mass is 10.1. The first-order valence-corrected chi connectivity index (χ1v) is 6.45. The van der Waals surface area contributed by atoms with Gasteiger partial charge < -0.3 is 0 Å². The number of rotatable bonds is 2. The molecule has 4 nitrogen and oxygen atoms in total. The Balaban J connectivity index is 2.66. The molecule has 2 rings (SSSR count). The molecule has 1 heterocycles. The van der Waals surface area contributed by atoms with E-state index in [1.165, 1.54) is 24.3 Å². The van der Waals surface area contributed by atoms with E-state index in [0.29, 0.717) is 0 Å². The molecule has 8 heteroatoms. The van der Waals surface area contributed by atoms with E-state index in [2.05, 4.69) is 36.8 Å². The summed E-state index contributed by atoms with van der Waals surface area (Å²) in [5, 5.41) is 10.7. The van der Waals surface area contributed by atoms with Gasteiger partial charge in [0.1, 0.15) is 10.3 Å². The maximum absolute atomic E-state index is 13.9. The second-order valence-electron chi connectivity index (χ2n) is 3.50. The van der Waals surface area contributed by atoms with Gasteiger partial charge in [0, 0.05) is 17.7 Å². The highest BCUT2D eigenvalue weighted by atomic mass is 79.9. The zero-order chi connectivity index (χ0) is 14.2. The second kappa shape index (κ2) is 5.30. The number of nitrogens with zero attached hydrogens (tertiary/aromatic N) is 2. The van der Waals surface area contributed by atoms with Crippen LogP contribution in [0, 0.1) is 21.7 Å². The van der Waals surface area contributed by atoms with E-state index in [0.717, 1.165) is 0 Å². The minimum atomic E-state index is -0.916. The number of aromatic nitrogens is 1. The molecule has 0 spiro atoms. The second-order valence-corrected chi connectivity index (χ2v) is 5.04. The Labute approximate surface area is 122 Å². The Morgan fingerprint density at radius 2 is 1.89 bits per heavy atom. The zero-order valence-corrected chi connectivity index (χ0v) is 12.2. The summed E-state index contributed by atoms with van der Waals surface area (Å²) in [6, 6.07) is 5.30. The number of hydrogen-bond donors (Lipinski definition) is 0. The predicted molar refractivity (Wildman–Crippen MR) is 71.6 cm³/mol. The SMILES string of the molecule is O=[N+]([O-])c1cccc(-c2nc(Br)c(F)c(Br)c2F)c1. The first-order chi connectivity index (χ1) is 8.91. The van der Waals surface area contributed by atoms with Gasteiger partial charge in [-0.2, -0.15) is 0 Å². The quantitative estimate of drug-likeness (QED) is 0.430. The molecule has 0 bridgehead atoms. The van der Waals surface area contributed by atoms with Crippen LogP contribution in [-0.2, 0) is 0 Å². The number of pyridine rings is 1. The van der Waals surface area contributed by atoms with E-state index in [4.69, 9.17) is 0 Å². The van der Waals surface area contributed by atoms with Gasteiger partial charge in [0.25, 0.3) is 5.69 Å². The molecule has 0 fully saturated rings. The molecule has 0 radical (unpaired) electrons. The van der Waals surface area contributed by atoms with Crippen molar-refractivity contribution in [2.75, 3.05) is 0 Å². The Morgan fingerprint density at radius 1 is 1.21 bits per heavy atom. The Morgan fingerprint density at radius 3 is 2.53 bits per heavy atom. The lowest BCUT2D eigenvalue weighted by molar-refractivity contribution is -0.384. The molecule has 98 valence electrons. The minimum absolute atomic E-state index is 0.177. The van der Waals surface area contributed by atoms with Gasteiger partial charge in [-0.3, -0.25) is 10.1 Å². The van der Waals surface area contributed by atoms with Crippen LogP contribution >= 0.6 is 31.9 Å². The van der Waals surface area contributed by atoms with Crippen molar-refractivity contribution in [3.63, 3.8) is 0 Å². The smallest absolute Gasteiger partial charge is 0.258 e. The zero-order valence-electron chi connectivity index (χ0n) is 9.03. The molecule has 0 saturated carbocycles. The van der Waals surface area contributed by atoms with E-state index in [-0.39, 0.29) is 26.0 Å². The highest BCUT2D eigenvalue weighted by molar-refractivity contribution is 9.11. The Hall–Kier alpha value is -1.41. The summed E-state index contributed by atoms with van der Waals surface area (Å²) in [6.07, 6.45) is 0. The van der Waals surface area contributed by atoms with Crippen molar-refractivity contribution in [3.8, 4) is 11.3 Å². The first kappa shape index (κ1) is 14.0. The molecule has 0 saturated heterocycles. The van der Waals surface area contributed by atoms with Crippen LogP contribution in [0.15, 0.2) is 33.3 Å². The molecular weight excluding hydrogens is 390 g/mol. The highest BCUT2D eigenvalue weighted by Gasteiger charge is 2.19. The van der Waals surface area contributed by atoms with Crippen molar-refractivity contribution >= 4 is 37.5 Å². The largest absolute Gasteiger partial charge is 0.270 e. The van der Waals surface area contributed by atoms with Crippen LogP contribution in [0.5, 0.6) is 0 Å². The minimum Gasteiger partial charge on any atom is -0.258 e. The Kier molecular flexibility index (Phi) is 3.91. The summed E-state index contributed by atoms with van der Waals surface area (Å²) in [5.41, 5.74) is -0.188. The third-order valence-electron chi connectivity index (χ3n) is 2.31. The maximum Gasteiger partial charge on any atom is 0.270 e. The van der Waals surface area contributed by atoms with Gasteiger partial charge in [0.15, 0.2) is 11.6 Å². The average molecular weight is 394 g/mol. The summed E-state index contributed by atoms with van der Waals surface area (Å²) >= 11 is 5.63. The monoisotopic (exact) mass is 392 g/mol. The number of benzene rings is 1. The molecule has 0 N–H and O–H groups in total. The van der Waals surface area contributed by atoms with Crippen LogP contribution in [0.25, 0.3) is 11.3 Å². The van der Waals surface area contributed by atoms with Crippen molar-refractivity contribution in [2.45, 2.75) is 0 Å². The number of nitro benzene ring substituents is 1. The number of nitro groups is 1. The molecule has 2 aromatic rings. The van der Waals surface area contributed by atoms with Gasteiger partial charge in [-0.15, -0.1) is 0 Å². The van der Waals surface area contributed by atoms with E-state index in [1.807, 2.05) is 0 Å². The van der Waals surface area contributed by atoms with Crippen molar-refractivity contribution in [1.82, 2.24) is 4.98 Å². The number of halogens is 4. The molecule has 0 unspecified atom stereocenters. The van der Waals surface area contributed by atoms with Crippen LogP contribution in [0.2, 0.25) is 0 Å². The highest BCUT2D eigenvalue weighted by Crippen LogP contribution is 2.32. The predicted octanol–water partition coefficient (Wildman–Crippen LogP) is 4.46. The first-order valence-electron chi connectivity index (χ1n) is 4.86. The van der Waals surface area contributed by atoms with Crippen molar-refractivity contribution in [3.05, 3.63) is 55.1 Å². The third-order valence-corrected chi connectivity index (χ3v) is 3.54.